The third kappa shape index (κ3) is 2.43. The number of fused-ring (bicyclic) bond motifs is 1. The molecule has 3 heteroatoms. The summed E-state index contributed by atoms with van der Waals surface area (Å²) in [5.41, 5.74) is 0.906. The van der Waals surface area contributed by atoms with E-state index in [1.165, 1.54) is 0 Å². The van der Waals surface area contributed by atoms with Crippen molar-refractivity contribution in [3.63, 3.8) is 0 Å². The lowest BCUT2D eigenvalue weighted by atomic mass is 10.2. The minimum absolute atomic E-state index is 0.113. The first kappa shape index (κ1) is 11.2. The summed E-state index contributed by atoms with van der Waals surface area (Å²) in [5, 5.41) is 13.5. The minimum Gasteiger partial charge on any atom is -0.459 e. The van der Waals surface area contributed by atoms with E-state index in [0.717, 1.165) is 16.7 Å². The molecule has 2 rings (SSSR count). The number of hydrogen-bond acceptors (Lipinski definition) is 3. The van der Waals surface area contributed by atoms with E-state index in [9.17, 15) is 5.11 Å². The Morgan fingerprint density at radius 3 is 2.75 bits per heavy atom. The minimum atomic E-state index is -0.341. The first-order chi connectivity index (χ1) is 7.66. The molecule has 0 amide bonds. The van der Waals surface area contributed by atoms with Crippen LogP contribution in [0.25, 0.3) is 11.0 Å². The second-order valence-electron chi connectivity index (χ2n) is 4.17. The monoisotopic (exact) mass is 219 g/mol. The Morgan fingerprint density at radius 2 is 2.06 bits per heavy atom. The molecular formula is C13H17NO2. The molecule has 0 saturated carbocycles. The molecule has 0 saturated heterocycles. The van der Waals surface area contributed by atoms with E-state index in [1.807, 2.05) is 37.3 Å². The summed E-state index contributed by atoms with van der Waals surface area (Å²) >= 11 is 0. The topological polar surface area (TPSA) is 45.4 Å². The van der Waals surface area contributed by atoms with Crippen molar-refractivity contribution in [1.29, 1.82) is 0 Å². The van der Waals surface area contributed by atoms with E-state index < -0.39 is 0 Å². The van der Waals surface area contributed by atoms with E-state index in [0.29, 0.717) is 6.54 Å². The Bertz CT molecular complexity index is 429. The molecule has 0 fully saturated rings. The number of hydrogen-bond donors (Lipinski definition) is 2. The molecule has 0 bridgehead atoms. The summed E-state index contributed by atoms with van der Waals surface area (Å²) in [4.78, 5) is 0. The van der Waals surface area contributed by atoms with Crippen LogP contribution in [-0.2, 0) is 0 Å². The van der Waals surface area contributed by atoms with E-state index in [2.05, 4.69) is 5.32 Å². The third-order valence-electron chi connectivity index (χ3n) is 2.59. The second kappa shape index (κ2) is 4.68. The highest BCUT2D eigenvalue weighted by Gasteiger charge is 2.11. The molecule has 2 aromatic rings. The van der Waals surface area contributed by atoms with Crippen LogP contribution in [0.5, 0.6) is 0 Å². The molecule has 2 N–H and O–H groups in total. The molecule has 0 aliphatic heterocycles. The maximum absolute atomic E-state index is 9.19. The highest BCUT2D eigenvalue weighted by molar-refractivity contribution is 5.77. The highest BCUT2D eigenvalue weighted by Crippen LogP contribution is 2.23. The molecule has 16 heavy (non-hydrogen) atoms. The average molecular weight is 219 g/mol. The third-order valence-corrected chi connectivity index (χ3v) is 2.59. The number of para-hydroxylation sites is 1. The van der Waals surface area contributed by atoms with Gasteiger partial charge < -0.3 is 14.8 Å². The van der Waals surface area contributed by atoms with Crippen molar-refractivity contribution >= 4 is 11.0 Å². The maximum atomic E-state index is 9.19. The molecule has 1 aromatic carbocycles. The van der Waals surface area contributed by atoms with Crippen molar-refractivity contribution in [2.24, 2.45) is 0 Å². The number of nitrogens with one attached hydrogen (secondary N) is 1. The van der Waals surface area contributed by atoms with Gasteiger partial charge in [-0.3, -0.25) is 0 Å². The zero-order valence-electron chi connectivity index (χ0n) is 9.60. The van der Waals surface area contributed by atoms with Gasteiger partial charge in [-0.15, -0.1) is 0 Å². The van der Waals surface area contributed by atoms with Crippen molar-refractivity contribution < 1.29 is 9.52 Å². The van der Waals surface area contributed by atoms with Crippen LogP contribution in [0.15, 0.2) is 34.7 Å². The van der Waals surface area contributed by atoms with Gasteiger partial charge in [0.25, 0.3) is 0 Å². The summed E-state index contributed by atoms with van der Waals surface area (Å²) < 4.78 is 5.72. The normalized spacial score (nSPS) is 15.2. The molecule has 3 nitrogen and oxygen atoms in total. The number of aliphatic hydroxyl groups is 1. The van der Waals surface area contributed by atoms with Crippen molar-refractivity contribution in [3.05, 3.63) is 36.1 Å². The molecular weight excluding hydrogens is 202 g/mol. The Morgan fingerprint density at radius 1 is 1.31 bits per heavy atom. The summed E-state index contributed by atoms with van der Waals surface area (Å²) in [6.45, 7) is 4.36. The van der Waals surface area contributed by atoms with Crippen LogP contribution in [0.4, 0.5) is 0 Å². The predicted molar refractivity (Wildman–Crippen MR) is 64.3 cm³/mol. The fourth-order valence-corrected chi connectivity index (χ4v) is 1.66. The molecule has 0 aliphatic carbocycles. The molecule has 86 valence electrons. The van der Waals surface area contributed by atoms with Crippen LogP contribution in [0.2, 0.25) is 0 Å². The fourth-order valence-electron chi connectivity index (χ4n) is 1.66. The quantitative estimate of drug-likeness (QED) is 0.830. The van der Waals surface area contributed by atoms with Gasteiger partial charge in [0.2, 0.25) is 0 Å². The summed E-state index contributed by atoms with van der Waals surface area (Å²) in [7, 11) is 0. The number of aliphatic hydroxyl groups excluding tert-OH is 1. The van der Waals surface area contributed by atoms with Crippen molar-refractivity contribution in [2.75, 3.05) is 6.54 Å². The molecule has 2 atom stereocenters. The molecule has 1 aromatic heterocycles. The largest absolute Gasteiger partial charge is 0.459 e. The van der Waals surface area contributed by atoms with Gasteiger partial charge in [-0.2, -0.15) is 0 Å². The van der Waals surface area contributed by atoms with Crippen LogP contribution in [0.1, 0.15) is 25.6 Å². The van der Waals surface area contributed by atoms with E-state index in [-0.39, 0.29) is 12.1 Å². The van der Waals surface area contributed by atoms with Gasteiger partial charge in [0, 0.05) is 11.9 Å². The lowest BCUT2D eigenvalue weighted by Crippen LogP contribution is -2.26. The SMILES string of the molecule is CC(NC[C@@H](C)O)c1cc2ccccc2o1. The maximum Gasteiger partial charge on any atom is 0.134 e. The molecule has 0 radical (unpaired) electrons. The smallest absolute Gasteiger partial charge is 0.134 e. The van der Waals surface area contributed by atoms with Crippen molar-refractivity contribution in [2.45, 2.75) is 26.0 Å². The number of furan rings is 1. The Labute approximate surface area is 95.1 Å². The zero-order chi connectivity index (χ0) is 11.5. The van der Waals surface area contributed by atoms with Gasteiger partial charge in [0.15, 0.2) is 0 Å². The molecule has 1 unspecified atom stereocenters. The summed E-state index contributed by atoms with van der Waals surface area (Å²) in [5.74, 6) is 0.904. The first-order valence-corrected chi connectivity index (χ1v) is 5.57. The van der Waals surface area contributed by atoms with Gasteiger partial charge in [-0.1, -0.05) is 18.2 Å². The number of benzene rings is 1. The Balaban J connectivity index is 2.13. The van der Waals surface area contributed by atoms with Crippen LogP contribution in [0.3, 0.4) is 0 Å². The Kier molecular flexibility index (Phi) is 3.27. The van der Waals surface area contributed by atoms with Crippen LogP contribution < -0.4 is 5.32 Å². The zero-order valence-corrected chi connectivity index (χ0v) is 9.60. The predicted octanol–water partition coefficient (Wildman–Crippen LogP) is 2.46. The summed E-state index contributed by atoms with van der Waals surface area (Å²) in [6, 6.07) is 10.1. The van der Waals surface area contributed by atoms with Crippen molar-refractivity contribution in [3.8, 4) is 0 Å². The van der Waals surface area contributed by atoms with Gasteiger partial charge in [-0.05, 0) is 26.0 Å². The van der Waals surface area contributed by atoms with Gasteiger partial charge in [0.1, 0.15) is 11.3 Å². The van der Waals surface area contributed by atoms with Crippen LogP contribution >= 0.6 is 0 Å². The second-order valence-corrected chi connectivity index (χ2v) is 4.17. The molecule has 1 heterocycles. The number of rotatable bonds is 4. The molecule has 0 aliphatic rings. The van der Waals surface area contributed by atoms with E-state index >= 15 is 0 Å². The lowest BCUT2D eigenvalue weighted by Gasteiger charge is -2.12. The Hall–Kier alpha value is -1.32. The summed E-state index contributed by atoms with van der Waals surface area (Å²) in [6.07, 6.45) is -0.341. The fraction of sp³-hybridized carbons (Fsp3) is 0.385. The first-order valence-electron chi connectivity index (χ1n) is 5.57. The lowest BCUT2D eigenvalue weighted by molar-refractivity contribution is 0.185. The van der Waals surface area contributed by atoms with Crippen LogP contribution in [0, 0.1) is 0 Å². The van der Waals surface area contributed by atoms with E-state index in [1.54, 1.807) is 6.92 Å². The standard InChI is InChI=1S/C13H17NO2/c1-9(15)8-14-10(2)13-7-11-5-3-4-6-12(11)16-13/h3-7,9-10,14-15H,8H2,1-2H3/t9-,10?/m1/s1. The average Bonchev–Trinajstić information content (AvgIpc) is 2.69. The molecule has 0 spiro atoms. The van der Waals surface area contributed by atoms with E-state index in [4.69, 9.17) is 4.42 Å². The van der Waals surface area contributed by atoms with Gasteiger partial charge in [-0.25, -0.2) is 0 Å². The van der Waals surface area contributed by atoms with Crippen molar-refractivity contribution in [1.82, 2.24) is 5.32 Å². The highest BCUT2D eigenvalue weighted by atomic mass is 16.3. The van der Waals surface area contributed by atoms with Crippen LogP contribution in [-0.4, -0.2) is 17.8 Å². The van der Waals surface area contributed by atoms with Gasteiger partial charge in [0.05, 0.1) is 12.1 Å². The van der Waals surface area contributed by atoms with Gasteiger partial charge >= 0.3 is 0 Å².